The first-order valence-corrected chi connectivity index (χ1v) is 8.78. The summed E-state index contributed by atoms with van der Waals surface area (Å²) >= 11 is 0. The van der Waals surface area contributed by atoms with Crippen molar-refractivity contribution in [2.45, 2.75) is 65.7 Å². The molecule has 0 spiro atoms. The molecular weight excluding hydrogens is 272 g/mol. The van der Waals surface area contributed by atoms with Crippen molar-refractivity contribution in [1.29, 1.82) is 0 Å². The van der Waals surface area contributed by atoms with Crippen molar-refractivity contribution in [2.24, 2.45) is 22.7 Å². The van der Waals surface area contributed by atoms with Gasteiger partial charge < -0.3 is 9.90 Å². The molecular formula is C20H32O2. The van der Waals surface area contributed by atoms with Crippen LogP contribution in [-0.4, -0.2) is 18.0 Å². The fraction of sp³-hybridized carbons (Fsp3) is 0.750. The van der Waals surface area contributed by atoms with Crippen LogP contribution >= 0.6 is 0 Å². The number of carbonyl (C=O) groups excluding carboxylic acids is 1. The van der Waals surface area contributed by atoms with Crippen LogP contribution in [0.25, 0.3) is 0 Å². The van der Waals surface area contributed by atoms with Gasteiger partial charge in [0, 0.05) is 5.41 Å². The molecule has 0 heterocycles. The van der Waals surface area contributed by atoms with Gasteiger partial charge in [0.25, 0.3) is 0 Å². The summed E-state index contributed by atoms with van der Waals surface area (Å²) in [6, 6.07) is 0. The summed E-state index contributed by atoms with van der Waals surface area (Å²) in [5, 5.41) is 9.03. The molecule has 2 aliphatic carbocycles. The van der Waals surface area contributed by atoms with E-state index in [9.17, 15) is 4.79 Å². The van der Waals surface area contributed by atoms with E-state index in [4.69, 9.17) is 5.11 Å². The van der Waals surface area contributed by atoms with Crippen molar-refractivity contribution in [2.75, 3.05) is 6.61 Å². The van der Waals surface area contributed by atoms with Gasteiger partial charge in [-0.15, -0.1) is 0 Å². The van der Waals surface area contributed by atoms with Crippen LogP contribution in [0, 0.1) is 22.7 Å². The molecule has 22 heavy (non-hydrogen) atoms. The van der Waals surface area contributed by atoms with E-state index in [0.717, 1.165) is 38.5 Å². The van der Waals surface area contributed by atoms with E-state index in [0.29, 0.717) is 11.8 Å². The van der Waals surface area contributed by atoms with Crippen molar-refractivity contribution in [3.63, 3.8) is 0 Å². The highest BCUT2D eigenvalue weighted by atomic mass is 16.2. The summed E-state index contributed by atoms with van der Waals surface area (Å²) in [4.78, 5) is 11.8. The van der Waals surface area contributed by atoms with Gasteiger partial charge in [-0.1, -0.05) is 44.1 Å². The molecule has 4 atom stereocenters. The smallest absolute Gasteiger partial charge is 0.126 e. The molecule has 0 radical (unpaired) electrons. The SMILES string of the molecule is C=C1CCC2[C@@](C)(C=O)CCC[C@]2(C)[C@H]1CC/C(C)=C/CO. The molecule has 0 saturated heterocycles. The number of fused-ring (bicyclic) bond motifs is 1. The lowest BCUT2D eigenvalue weighted by Crippen LogP contribution is -2.51. The van der Waals surface area contributed by atoms with Gasteiger partial charge in [0.2, 0.25) is 0 Å². The number of rotatable bonds is 5. The van der Waals surface area contributed by atoms with Crippen LogP contribution in [0.2, 0.25) is 0 Å². The minimum absolute atomic E-state index is 0.126. The molecule has 0 aromatic heterocycles. The first kappa shape index (κ1) is 17.5. The summed E-state index contributed by atoms with van der Waals surface area (Å²) < 4.78 is 0. The van der Waals surface area contributed by atoms with Gasteiger partial charge in [-0.2, -0.15) is 0 Å². The molecule has 124 valence electrons. The van der Waals surface area contributed by atoms with Crippen molar-refractivity contribution < 1.29 is 9.90 Å². The summed E-state index contributed by atoms with van der Waals surface area (Å²) in [6.45, 7) is 11.2. The number of aldehydes is 1. The van der Waals surface area contributed by atoms with Crippen LogP contribution in [0.4, 0.5) is 0 Å². The highest BCUT2D eigenvalue weighted by Crippen LogP contribution is 2.61. The number of allylic oxidation sites excluding steroid dienone is 2. The standard InChI is InChI=1S/C20H32O2/c1-15(10-13-21)6-8-17-16(2)7-9-18-19(3,14-22)11-5-12-20(17,18)4/h10,14,17-18,21H,2,5-9,11-13H2,1,3-4H3/b15-10+/t17-,18?,19+,20+/m0/s1. The lowest BCUT2D eigenvalue weighted by Gasteiger charge is -2.57. The van der Waals surface area contributed by atoms with Crippen LogP contribution in [0.3, 0.4) is 0 Å². The fourth-order valence-corrected chi connectivity index (χ4v) is 5.30. The molecule has 1 unspecified atom stereocenters. The normalized spacial score (nSPS) is 39.5. The third kappa shape index (κ3) is 3.08. The zero-order valence-electron chi connectivity index (χ0n) is 14.5. The Balaban J connectivity index is 2.22. The van der Waals surface area contributed by atoms with Crippen molar-refractivity contribution in [1.82, 2.24) is 0 Å². The molecule has 0 bridgehead atoms. The maximum absolute atomic E-state index is 11.8. The largest absolute Gasteiger partial charge is 0.392 e. The Morgan fingerprint density at radius 3 is 2.77 bits per heavy atom. The van der Waals surface area contributed by atoms with E-state index in [1.165, 1.54) is 23.9 Å². The van der Waals surface area contributed by atoms with Gasteiger partial charge in [-0.05, 0) is 62.7 Å². The second-order valence-electron chi connectivity index (χ2n) is 8.06. The Morgan fingerprint density at radius 2 is 2.14 bits per heavy atom. The number of aliphatic hydroxyl groups is 1. The highest BCUT2D eigenvalue weighted by molar-refractivity contribution is 5.60. The molecule has 0 amide bonds. The maximum Gasteiger partial charge on any atom is 0.126 e. The molecule has 2 nitrogen and oxygen atoms in total. The van der Waals surface area contributed by atoms with Crippen LogP contribution < -0.4 is 0 Å². The zero-order chi connectivity index (χ0) is 16.4. The van der Waals surface area contributed by atoms with Gasteiger partial charge in [0.1, 0.15) is 6.29 Å². The van der Waals surface area contributed by atoms with E-state index in [1.807, 2.05) is 6.08 Å². The molecule has 2 aliphatic rings. The molecule has 0 aromatic rings. The predicted octanol–water partition coefficient (Wildman–Crippen LogP) is 4.68. The average molecular weight is 304 g/mol. The van der Waals surface area contributed by atoms with Gasteiger partial charge in [0.05, 0.1) is 6.61 Å². The molecule has 2 heteroatoms. The molecule has 2 rings (SSSR count). The number of carbonyl (C=O) groups is 1. The van der Waals surface area contributed by atoms with Crippen LogP contribution in [-0.2, 0) is 4.79 Å². The predicted molar refractivity (Wildman–Crippen MR) is 91.6 cm³/mol. The number of aliphatic hydroxyl groups excluding tert-OH is 1. The van der Waals surface area contributed by atoms with Crippen molar-refractivity contribution in [3.05, 3.63) is 23.8 Å². The lowest BCUT2D eigenvalue weighted by molar-refractivity contribution is -0.130. The fourth-order valence-electron chi connectivity index (χ4n) is 5.30. The van der Waals surface area contributed by atoms with Crippen LogP contribution in [0.15, 0.2) is 23.8 Å². The molecule has 1 N–H and O–H groups in total. The second kappa shape index (κ2) is 6.70. The highest BCUT2D eigenvalue weighted by Gasteiger charge is 2.54. The average Bonchev–Trinajstić information content (AvgIpc) is 2.46. The van der Waals surface area contributed by atoms with Crippen LogP contribution in [0.1, 0.15) is 65.7 Å². The van der Waals surface area contributed by atoms with Crippen LogP contribution in [0.5, 0.6) is 0 Å². The molecule has 0 aromatic carbocycles. The lowest BCUT2D eigenvalue weighted by atomic mass is 9.47. The molecule has 2 saturated carbocycles. The van der Waals surface area contributed by atoms with E-state index in [1.54, 1.807) is 0 Å². The monoisotopic (exact) mass is 304 g/mol. The Hall–Kier alpha value is -0.890. The zero-order valence-corrected chi connectivity index (χ0v) is 14.5. The molecule has 2 fully saturated rings. The molecule has 0 aliphatic heterocycles. The quantitative estimate of drug-likeness (QED) is 0.591. The Labute approximate surface area is 135 Å². The van der Waals surface area contributed by atoms with Gasteiger partial charge >= 0.3 is 0 Å². The van der Waals surface area contributed by atoms with E-state index in [-0.39, 0.29) is 17.4 Å². The minimum Gasteiger partial charge on any atom is -0.392 e. The summed E-state index contributed by atoms with van der Waals surface area (Å²) in [5.41, 5.74) is 2.70. The van der Waals surface area contributed by atoms with Gasteiger partial charge in [-0.25, -0.2) is 0 Å². The summed E-state index contributed by atoms with van der Waals surface area (Å²) in [7, 11) is 0. The van der Waals surface area contributed by atoms with Crippen molar-refractivity contribution >= 4 is 6.29 Å². The Kier molecular flexibility index (Phi) is 5.32. The number of hydrogen-bond donors (Lipinski definition) is 1. The van der Waals surface area contributed by atoms with Gasteiger partial charge in [0.15, 0.2) is 0 Å². The maximum atomic E-state index is 11.8. The first-order valence-electron chi connectivity index (χ1n) is 8.78. The number of hydrogen-bond acceptors (Lipinski definition) is 2. The Bertz CT molecular complexity index is 464. The van der Waals surface area contributed by atoms with Crippen molar-refractivity contribution in [3.8, 4) is 0 Å². The first-order chi connectivity index (χ1) is 10.4. The Morgan fingerprint density at radius 1 is 1.41 bits per heavy atom. The van der Waals surface area contributed by atoms with E-state index < -0.39 is 0 Å². The van der Waals surface area contributed by atoms with Gasteiger partial charge in [-0.3, -0.25) is 0 Å². The summed E-state index contributed by atoms with van der Waals surface area (Å²) in [5.74, 6) is 0.997. The summed E-state index contributed by atoms with van der Waals surface area (Å²) in [6.07, 6.45) is 10.8. The minimum atomic E-state index is -0.151. The third-order valence-electron chi connectivity index (χ3n) is 6.60. The topological polar surface area (TPSA) is 37.3 Å². The van der Waals surface area contributed by atoms with E-state index in [2.05, 4.69) is 27.4 Å². The van der Waals surface area contributed by atoms with E-state index >= 15 is 0 Å². The second-order valence-corrected chi connectivity index (χ2v) is 8.06. The third-order valence-corrected chi connectivity index (χ3v) is 6.60.